The SMILES string of the molecule is Cc1cc(C)c(NC(=O)CN2CC3CC4CC(C3)CC2C4)c(Cl)c1. The van der Waals surface area contributed by atoms with E-state index in [2.05, 4.69) is 16.3 Å². The van der Waals surface area contributed by atoms with Crippen LogP contribution < -0.4 is 5.32 Å². The first-order valence-corrected chi connectivity index (χ1v) is 9.66. The van der Waals surface area contributed by atoms with Crippen molar-refractivity contribution in [1.82, 2.24) is 4.90 Å². The van der Waals surface area contributed by atoms with Gasteiger partial charge in [0.05, 0.1) is 17.3 Å². The van der Waals surface area contributed by atoms with Crippen LogP contribution >= 0.6 is 11.6 Å². The number of anilines is 1. The average Bonchev–Trinajstić information content (AvgIpc) is 2.66. The van der Waals surface area contributed by atoms with Gasteiger partial charge in [-0.3, -0.25) is 9.69 Å². The number of halogens is 1. The first-order valence-electron chi connectivity index (χ1n) is 9.28. The standard InChI is InChI=1S/C20H27ClN2O/c1-12-3-13(2)20(18(21)4-12)22-19(24)11-23-10-16-6-14-5-15(7-16)9-17(23)8-14/h3-4,14-17H,5-11H2,1-2H3,(H,22,24). The summed E-state index contributed by atoms with van der Waals surface area (Å²) in [4.78, 5) is 15.1. The van der Waals surface area contributed by atoms with E-state index in [1.807, 2.05) is 19.9 Å². The molecule has 24 heavy (non-hydrogen) atoms. The Morgan fingerprint density at radius 2 is 1.79 bits per heavy atom. The van der Waals surface area contributed by atoms with Gasteiger partial charge < -0.3 is 5.32 Å². The van der Waals surface area contributed by atoms with Crippen molar-refractivity contribution in [1.29, 1.82) is 0 Å². The highest BCUT2D eigenvalue weighted by Gasteiger charge is 2.42. The summed E-state index contributed by atoms with van der Waals surface area (Å²) in [5, 5.41) is 3.70. The van der Waals surface area contributed by atoms with Gasteiger partial charge in [0, 0.05) is 12.6 Å². The molecule has 5 rings (SSSR count). The predicted octanol–water partition coefficient (Wildman–Crippen LogP) is 4.41. The van der Waals surface area contributed by atoms with E-state index in [1.165, 1.54) is 32.1 Å². The highest BCUT2D eigenvalue weighted by atomic mass is 35.5. The van der Waals surface area contributed by atoms with Gasteiger partial charge in [-0.1, -0.05) is 17.7 Å². The lowest BCUT2D eigenvalue weighted by molar-refractivity contribution is -0.118. The molecule has 2 aliphatic heterocycles. The molecular formula is C20H27ClN2O. The normalized spacial score (nSPS) is 32.0. The summed E-state index contributed by atoms with van der Waals surface area (Å²) in [6.45, 7) is 5.63. The number of hydrogen-bond donors (Lipinski definition) is 1. The van der Waals surface area contributed by atoms with Gasteiger partial charge in [0.2, 0.25) is 5.91 Å². The molecule has 3 nitrogen and oxygen atoms in total. The zero-order valence-corrected chi connectivity index (χ0v) is 15.4. The fraction of sp³-hybridized carbons (Fsp3) is 0.650. The van der Waals surface area contributed by atoms with E-state index >= 15 is 0 Å². The molecule has 0 radical (unpaired) electrons. The molecule has 1 N–H and O–H groups in total. The van der Waals surface area contributed by atoms with Crippen LogP contribution in [0.3, 0.4) is 0 Å². The van der Waals surface area contributed by atoms with Crippen molar-refractivity contribution in [2.45, 2.75) is 52.0 Å². The molecule has 130 valence electrons. The Balaban J connectivity index is 1.45. The van der Waals surface area contributed by atoms with Crippen molar-refractivity contribution in [3.63, 3.8) is 0 Å². The number of carbonyl (C=O) groups is 1. The van der Waals surface area contributed by atoms with E-state index in [-0.39, 0.29) is 5.91 Å². The Labute approximate surface area is 149 Å². The number of fused-ring (bicyclic) bond motifs is 1. The summed E-state index contributed by atoms with van der Waals surface area (Å²) in [7, 11) is 0. The van der Waals surface area contributed by atoms with Crippen molar-refractivity contribution in [2.75, 3.05) is 18.4 Å². The highest BCUT2D eigenvalue weighted by Crippen LogP contribution is 2.47. The third-order valence-electron chi connectivity index (χ3n) is 6.26. The molecular weight excluding hydrogens is 320 g/mol. The number of hydrogen-bond acceptors (Lipinski definition) is 2. The Kier molecular flexibility index (Phi) is 4.34. The number of aryl methyl sites for hydroxylation is 2. The Hall–Kier alpha value is -1.06. The molecule has 4 aliphatic rings. The van der Waals surface area contributed by atoms with Crippen LogP contribution in [0.5, 0.6) is 0 Å². The van der Waals surface area contributed by atoms with Crippen LogP contribution in [0, 0.1) is 31.6 Å². The lowest BCUT2D eigenvalue weighted by Crippen LogP contribution is -2.42. The smallest absolute Gasteiger partial charge is 0.238 e. The monoisotopic (exact) mass is 346 g/mol. The van der Waals surface area contributed by atoms with Crippen LogP contribution in [0.15, 0.2) is 12.1 Å². The topological polar surface area (TPSA) is 32.3 Å². The molecule has 2 heterocycles. The minimum atomic E-state index is 0.0741. The number of amides is 1. The molecule has 2 unspecified atom stereocenters. The van der Waals surface area contributed by atoms with Crippen molar-refractivity contribution >= 4 is 23.2 Å². The van der Waals surface area contributed by atoms with E-state index < -0.39 is 0 Å². The van der Waals surface area contributed by atoms with Gasteiger partial charge in [-0.15, -0.1) is 0 Å². The third-order valence-corrected chi connectivity index (χ3v) is 6.56. The second-order valence-electron chi connectivity index (χ2n) is 8.35. The molecule has 2 saturated carbocycles. The quantitative estimate of drug-likeness (QED) is 0.879. The second kappa shape index (κ2) is 6.34. The molecule has 2 atom stereocenters. The zero-order valence-electron chi connectivity index (χ0n) is 14.6. The average molecular weight is 347 g/mol. The summed E-state index contributed by atoms with van der Waals surface area (Å²) in [6, 6.07) is 4.59. The highest BCUT2D eigenvalue weighted by molar-refractivity contribution is 6.34. The minimum Gasteiger partial charge on any atom is -0.323 e. The third kappa shape index (κ3) is 3.21. The van der Waals surface area contributed by atoms with E-state index in [1.54, 1.807) is 0 Å². The van der Waals surface area contributed by atoms with Gasteiger partial charge in [0.15, 0.2) is 0 Å². The summed E-state index contributed by atoms with van der Waals surface area (Å²) >= 11 is 6.33. The molecule has 4 bridgehead atoms. The molecule has 4 heteroatoms. The van der Waals surface area contributed by atoms with Crippen LogP contribution in [0.1, 0.15) is 43.2 Å². The van der Waals surface area contributed by atoms with Gasteiger partial charge in [-0.25, -0.2) is 0 Å². The number of nitrogens with one attached hydrogen (secondary N) is 1. The predicted molar refractivity (Wildman–Crippen MR) is 98.5 cm³/mol. The molecule has 0 aromatic heterocycles. The van der Waals surface area contributed by atoms with Gasteiger partial charge in [-0.05, 0) is 80.9 Å². The van der Waals surface area contributed by atoms with E-state index in [9.17, 15) is 4.79 Å². The van der Waals surface area contributed by atoms with E-state index in [0.717, 1.165) is 41.1 Å². The maximum atomic E-state index is 12.7. The number of nitrogens with zero attached hydrogens (tertiary/aromatic N) is 1. The lowest BCUT2D eigenvalue weighted by atomic mass is 9.68. The molecule has 4 fully saturated rings. The molecule has 1 aromatic carbocycles. The number of rotatable bonds is 3. The maximum absolute atomic E-state index is 12.7. The van der Waals surface area contributed by atoms with Crippen LogP contribution in [0.2, 0.25) is 5.02 Å². The first-order chi connectivity index (χ1) is 11.5. The number of carbonyl (C=O) groups excluding carboxylic acids is 1. The van der Waals surface area contributed by atoms with Crippen LogP contribution in [0.4, 0.5) is 5.69 Å². The van der Waals surface area contributed by atoms with Crippen molar-refractivity contribution in [2.24, 2.45) is 17.8 Å². The molecule has 0 spiro atoms. The largest absolute Gasteiger partial charge is 0.323 e. The van der Waals surface area contributed by atoms with Crippen molar-refractivity contribution in [3.8, 4) is 0 Å². The fourth-order valence-corrected chi connectivity index (χ4v) is 5.88. The van der Waals surface area contributed by atoms with Crippen LogP contribution in [0.25, 0.3) is 0 Å². The van der Waals surface area contributed by atoms with Gasteiger partial charge in [0.25, 0.3) is 0 Å². The zero-order chi connectivity index (χ0) is 16.8. The summed E-state index contributed by atoms with van der Waals surface area (Å²) < 4.78 is 0. The molecule has 2 aliphatic carbocycles. The molecule has 2 saturated heterocycles. The van der Waals surface area contributed by atoms with Crippen molar-refractivity contribution in [3.05, 3.63) is 28.3 Å². The van der Waals surface area contributed by atoms with Gasteiger partial charge in [0.1, 0.15) is 0 Å². The van der Waals surface area contributed by atoms with E-state index in [4.69, 9.17) is 11.6 Å². The second-order valence-corrected chi connectivity index (χ2v) is 8.75. The Bertz CT molecular complexity index is 622. The van der Waals surface area contributed by atoms with Gasteiger partial charge in [-0.2, -0.15) is 0 Å². The first kappa shape index (κ1) is 16.4. The van der Waals surface area contributed by atoms with Crippen molar-refractivity contribution < 1.29 is 4.79 Å². The molecule has 1 aromatic rings. The Morgan fingerprint density at radius 1 is 1.12 bits per heavy atom. The molecule has 1 amide bonds. The minimum absolute atomic E-state index is 0.0741. The van der Waals surface area contributed by atoms with E-state index in [0.29, 0.717) is 17.6 Å². The Morgan fingerprint density at radius 3 is 2.46 bits per heavy atom. The lowest BCUT2D eigenvalue weighted by Gasteiger charge is -2.39. The van der Waals surface area contributed by atoms with Crippen LogP contribution in [-0.4, -0.2) is 29.9 Å². The summed E-state index contributed by atoms with van der Waals surface area (Å²) in [5.41, 5.74) is 2.92. The van der Waals surface area contributed by atoms with Gasteiger partial charge >= 0.3 is 0 Å². The summed E-state index contributed by atoms with van der Waals surface area (Å²) in [6.07, 6.45) is 6.79. The van der Waals surface area contributed by atoms with Crippen LogP contribution in [-0.2, 0) is 4.79 Å². The fourth-order valence-electron chi connectivity index (χ4n) is 5.51. The maximum Gasteiger partial charge on any atom is 0.238 e. The number of benzene rings is 1. The summed E-state index contributed by atoms with van der Waals surface area (Å²) in [5.74, 6) is 2.70.